The van der Waals surface area contributed by atoms with Crippen molar-refractivity contribution in [2.24, 2.45) is 0 Å². The van der Waals surface area contributed by atoms with Gasteiger partial charge in [-0.2, -0.15) is 5.26 Å². The summed E-state index contributed by atoms with van der Waals surface area (Å²) in [6.07, 6.45) is 1.45. The van der Waals surface area contributed by atoms with Crippen molar-refractivity contribution < 1.29 is 9.72 Å². The topological polar surface area (TPSA) is 99.3 Å². The molecule has 0 heterocycles. The van der Waals surface area contributed by atoms with E-state index in [2.05, 4.69) is 5.32 Å². The second-order valence-electron chi connectivity index (χ2n) is 4.25. The lowest BCUT2D eigenvalue weighted by atomic mass is 10.2. The Morgan fingerprint density at radius 1 is 1.50 bits per heavy atom. The number of carbonyl (C=O) groups excluding carboxylic acids is 1. The largest absolute Gasteiger partial charge is 0.377 e. The minimum absolute atomic E-state index is 0.0848. The second-order valence-corrected chi connectivity index (χ2v) is 4.66. The second kappa shape index (κ2) is 8.00. The molecule has 1 N–H and O–H groups in total. The smallest absolute Gasteiger partial charge is 0.271 e. The number of nitro benzene ring substituents is 1. The van der Waals surface area contributed by atoms with Crippen LogP contribution in [0.1, 0.15) is 13.8 Å². The van der Waals surface area contributed by atoms with E-state index in [-0.39, 0.29) is 22.0 Å². The number of carbonyl (C=O) groups is 1. The molecule has 0 unspecified atom stereocenters. The van der Waals surface area contributed by atoms with Gasteiger partial charge in [0.1, 0.15) is 11.6 Å². The van der Waals surface area contributed by atoms with E-state index in [1.807, 2.05) is 19.9 Å². The van der Waals surface area contributed by atoms with Crippen LogP contribution in [0.3, 0.4) is 0 Å². The summed E-state index contributed by atoms with van der Waals surface area (Å²) < 4.78 is 0. The molecule has 0 spiro atoms. The van der Waals surface area contributed by atoms with Crippen LogP contribution in [-0.2, 0) is 4.79 Å². The molecule has 0 aromatic heterocycles. The monoisotopic (exact) mass is 322 g/mol. The fourth-order valence-electron chi connectivity index (χ4n) is 1.64. The Bertz CT molecular complexity index is 648. The van der Waals surface area contributed by atoms with Gasteiger partial charge >= 0.3 is 0 Å². The fraction of sp³-hybridized carbons (Fsp3) is 0.286. The van der Waals surface area contributed by atoms with Crippen molar-refractivity contribution >= 4 is 28.9 Å². The van der Waals surface area contributed by atoms with Crippen LogP contribution >= 0.6 is 11.6 Å². The maximum absolute atomic E-state index is 12.1. The first-order valence-electron chi connectivity index (χ1n) is 6.54. The molecule has 8 heteroatoms. The summed E-state index contributed by atoms with van der Waals surface area (Å²) in [5.41, 5.74) is -0.223. The molecule has 0 atom stereocenters. The molecule has 0 bridgehead atoms. The Balaban J connectivity index is 3.03. The Hall–Kier alpha value is -2.59. The maximum atomic E-state index is 12.1. The van der Waals surface area contributed by atoms with E-state index in [1.54, 1.807) is 4.90 Å². The van der Waals surface area contributed by atoms with E-state index in [4.69, 9.17) is 16.9 Å². The lowest BCUT2D eigenvalue weighted by molar-refractivity contribution is -0.384. The van der Waals surface area contributed by atoms with Crippen molar-refractivity contribution in [1.29, 1.82) is 5.26 Å². The first-order chi connectivity index (χ1) is 10.4. The Morgan fingerprint density at radius 3 is 2.64 bits per heavy atom. The number of hydrogen-bond acceptors (Lipinski definition) is 5. The standard InChI is InChI=1S/C14H15ClN4O3/c1-3-18(4-2)9-10(8-16)14(20)17-13-7-11(19(21)22)5-6-12(13)15/h5-7,9H,3-4H2,1-2H3,(H,17,20)/b10-9-. The first kappa shape index (κ1) is 17.5. The van der Waals surface area contributed by atoms with Gasteiger partial charge in [0.05, 0.1) is 15.6 Å². The molecular formula is C14H15ClN4O3. The fourth-order valence-corrected chi connectivity index (χ4v) is 1.80. The Kier molecular flexibility index (Phi) is 6.35. The summed E-state index contributed by atoms with van der Waals surface area (Å²) in [4.78, 5) is 24.0. The quantitative estimate of drug-likeness (QED) is 0.375. The average molecular weight is 323 g/mol. The molecule has 0 aliphatic rings. The molecule has 1 rings (SSSR count). The number of nitriles is 1. The minimum atomic E-state index is -0.670. The van der Waals surface area contributed by atoms with E-state index in [0.29, 0.717) is 13.1 Å². The van der Waals surface area contributed by atoms with Gasteiger partial charge in [0.2, 0.25) is 0 Å². The van der Waals surface area contributed by atoms with E-state index >= 15 is 0 Å². The molecule has 1 aromatic rings. The van der Waals surface area contributed by atoms with Gasteiger partial charge in [0.25, 0.3) is 11.6 Å². The van der Waals surface area contributed by atoms with Crippen LogP contribution in [0.15, 0.2) is 30.0 Å². The maximum Gasteiger partial charge on any atom is 0.271 e. The van der Waals surface area contributed by atoms with Crippen LogP contribution in [-0.4, -0.2) is 28.8 Å². The van der Waals surface area contributed by atoms with Gasteiger partial charge in [-0.1, -0.05) is 11.6 Å². The van der Waals surface area contributed by atoms with Crippen LogP contribution in [0.4, 0.5) is 11.4 Å². The van der Waals surface area contributed by atoms with Crippen molar-refractivity contribution in [3.8, 4) is 6.07 Å². The van der Waals surface area contributed by atoms with Crippen molar-refractivity contribution in [2.75, 3.05) is 18.4 Å². The van der Waals surface area contributed by atoms with Crippen molar-refractivity contribution in [3.05, 3.63) is 45.1 Å². The van der Waals surface area contributed by atoms with Gasteiger partial charge in [-0.15, -0.1) is 0 Å². The summed E-state index contributed by atoms with van der Waals surface area (Å²) in [7, 11) is 0. The van der Waals surface area contributed by atoms with Crippen molar-refractivity contribution in [2.45, 2.75) is 13.8 Å². The summed E-state index contributed by atoms with van der Waals surface area (Å²) >= 11 is 5.90. The third-order valence-electron chi connectivity index (χ3n) is 2.90. The van der Waals surface area contributed by atoms with Crippen LogP contribution < -0.4 is 5.32 Å². The van der Waals surface area contributed by atoms with Gasteiger partial charge < -0.3 is 10.2 Å². The van der Waals surface area contributed by atoms with Crippen LogP contribution in [0.25, 0.3) is 0 Å². The highest BCUT2D eigenvalue weighted by Crippen LogP contribution is 2.27. The predicted octanol–water partition coefficient (Wildman–Crippen LogP) is 2.94. The zero-order valence-corrected chi connectivity index (χ0v) is 12.9. The van der Waals surface area contributed by atoms with Gasteiger partial charge in [-0.3, -0.25) is 14.9 Å². The number of hydrogen-bond donors (Lipinski definition) is 1. The molecule has 0 aliphatic heterocycles. The van der Waals surface area contributed by atoms with Crippen molar-refractivity contribution in [3.63, 3.8) is 0 Å². The Morgan fingerprint density at radius 2 is 2.14 bits per heavy atom. The number of halogens is 1. The molecule has 116 valence electrons. The number of anilines is 1. The van der Waals surface area contributed by atoms with E-state index in [9.17, 15) is 14.9 Å². The van der Waals surface area contributed by atoms with E-state index in [1.165, 1.54) is 18.3 Å². The van der Waals surface area contributed by atoms with Gasteiger partial charge in [0.15, 0.2) is 0 Å². The van der Waals surface area contributed by atoms with Gasteiger partial charge in [0, 0.05) is 31.4 Å². The molecule has 0 saturated heterocycles. The number of nitrogens with zero attached hydrogens (tertiary/aromatic N) is 3. The number of amides is 1. The number of non-ortho nitro benzene ring substituents is 1. The highest BCUT2D eigenvalue weighted by molar-refractivity contribution is 6.34. The third-order valence-corrected chi connectivity index (χ3v) is 3.23. The van der Waals surface area contributed by atoms with Crippen molar-refractivity contribution in [1.82, 2.24) is 4.90 Å². The summed E-state index contributed by atoms with van der Waals surface area (Å²) in [5, 5.41) is 22.4. The SMILES string of the molecule is CCN(/C=C(/C#N)C(=O)Nc1cc([N+](=O)[O-])ccc1Cl)CC. The third kappa shape index (κ3) is 4.46. The lowest BCUT2D eigenvalue weighted by Gasteiger charge is -2.15. The average Bonchev–Trinajstić information content (AvgIpc) is 2.50. The highest BCUT2D eigenvalue weighted by Gasteiger charge is 2.15. The Labute approximate surface area is 132 Å². The van der Waals surface area contributed by atoms with E-state index in [0.717, 1.165) is 6.07 Å². The molecule has 0 aliphatic carbocycles. The molecule has 1 amide bonds. The zero-order chi connectivity index (χ0) is 16.7. The normalized spacial score (nSPS) is 10.7. The highest BCUT2D eigenvalue weighted by atomic mass is 35.5. The van der Waals surface area contributed by atoms with Crippen LogP contribution in [0.5, 0.6) is 0 Å². The zero-order valence-electron chi connectivity index (χ0n) is 12.2. The molecule has 22 heavy (non-hydrogen) atoms. The predicted molar refractivity (Wildman–Crippen MR) is 83.4 cm³/mol. The van der Waals surface area contributed by atoms with Gasteiger partial charge in [-0.05, 0) is 19.9 Å². The van der Waals surface area contributed by atoms with E-state index < -0.39 is 10.8 Å². The summed E-state index contributed by atoms with van der Waals surface area (Å²) in [5.74, 6) is -0.670. The molecule has 0 saturated carbocycles. The minimum Gasteiger partial charge on any atom is -0.377 e. The summed E-state index contributed by atoms with van der Waals surface area (Å²) in [6.45, 7) is 5.08. The first-order valence-corrected chi connectivity index (χ1v) is 6.92. The lowest BCUT2D eigenvalue weighted by Crippen LogP contribution is -2.21. The number of benzene rings is 1. The molecule has 7 nitrogen and oxygen atoms in total. The summed E-state index contributed by atoms with van der Waals surface area (Å²) in [6, 6.07) is 5.50. The number of nitro groups is 1. The molecule has 0 radical (unpaired) electrons. The van der Waals surface area contributed by atoms with Gasteiger partial charge in [-0.25, -0.2) is 0 Å². The number of rotatable bonds is 6. The van der Waals surface area contributed by atoms with Crippen LogP contribution in [0, 0.1) is 21.4 Å². The molecular weight excluding hydrogens is 308 g/mol. The number of nitrogens with one attached hydrogen (secondary N) is 1. The van der Waals surface area contributed by atoms with Crippen LogP contribution in [0.2, 0.25) is 5.02 Å². The molecule has 0 fully saturated rings. The molecule has 1 aromatic carbocycles.